The molecular formula is C11H16ClN5O2. The van der Waals surface area contributed by atoms with Crippen LogP contribution < -0.4 is 4.90 Å². The minimum atomic E-state index is -0.473. The van der Waals surface area contributed by atoms with E-state index in [0.717, 1.165) is 6.54 Å². The fourth-order valence-corrected chi connectivity index (χ4v) is 2.63. The monoisotopic (exact) mass is 285 g/mol. The van der Waals surface area contributed by atoms with Crippen molar-refractivity contribution in [1.82, 2.24) is 14.9 Å². The molecule has 1 aliphatic rings. The summed E-state index contributed by atoms with van der Waals surface area (Å²) in [6.07, 6.45) is 1.16. The average molecular weight is 286 g/mol. The van der Waals surface area contributed by atoms with Crippen LogP contribution in [-0.2, 0) is 0 Å². The molecule has 1 aliphatic heterocycles. The van der Waals surface area contributed by atoms with E-state index >= 15 is 0 Å². The third-order valence-electron chi connectivity index (χ3n) is 3.45. The van der Waals surface area contributed by atoms with E-state index in [1.54, 1.807) is 0 Å². The third-order valence-corrected chi connectivity index (χ3v) is 3.63. The van der Waals surface area contributed by atoms with Gasteiger partial charge in [0.1, 0.15) is 6.20 Å². The summed E-state index contributed by atoms with van der Waals surface area (Å²) in [6, 6.07) is 0.341. The summed E-state index contributed by atoms with van der Waals surface area (Å²) >= 11 is 5.75. The molecule has 7 nitrogen and oxygen atoms in total. The first-order valence-corrected chi connectivity index (χ1v) is 6.36. The lowest BCUT2D eigenvalue weighted by Crippen LogP contribution is -2.34. The van der Waals surface area contributed by atoms with Crippen molar-refractivity contribution in [3.05, 3.63) is 21.6 Å². The predicted octanol–water partition coefficient (Wildman–Crippen LogP) is 1.42. The van der Waals surface area contributed by atoms with Crippen molar-refractivity contribution in [3.8, 4) is 0 Å². The molecule has 8 heteroatoms. The zero-order valence-electron chi connectivity index (χ0n) is 11.1. The van der Waals surface area contributed by atoms with E-state index in [1.807, 2.05) is 19.0 Å². The Balaban J connectivity index is 2.33. The van der Waals surface area contributed by atoms with Gasteiger partial charge in [0, 0.05) is 19.1 Å². The zero-order valence-corrected chi connectivity index (χ0v) is 11.8. The highest BCUT2D eigenvalue weighted by Crippen LogP contribution is 2.31. The first kappa shape index (κ1) is 14.0. The van der Waals surface area contributed by atoms with Crippen LogP contribution in [-0.4, -0.2) is 53.0 Å². The van der Waals surface area contributed by atoms with Crippen LogP contribution >= 0.6 is 11.6 Å². The number of aromatic nitrogens is 2. The number of rotatable bonds is 3. The van der Waals surface area contributed by atoms with Crippen LogP contribution in [0.25, 0.3) is 0 Å². The fraction of sp³-hybridized carbons (Fsp3) is 0.636. The normalized spacial score (nSPS) is 23.1. The molecule has 0 aliphatic carbocycles. The molecule has 0 aromatic carbocycles. The van der Waals surface area contributed by atoms with E-state index in [-0.39, 0.29) is 11.0 Å². The lowest BCUT2D eigenvalue weighted by Gasteiger charge is -2.22. The lowest BCUT2D eigenvalue weighted by molar-refractivity contribution is -0.384. The van der Waals surface area contributed by atoms with Crippen molar-refractivity contribution in [3.63, 3.8) is 0 Å². The van der Waals surface area contributed by atoms with Gasteiger partial charge in [-0.2, -0.15) is 4.98 Å². The molecule has 0 spiro atoms. The predicted molar refractivity (Wildman–Crippen MR) is 72.5 cm³/mol. The minimum Gasteiger partial charge on any atom is -0.349 e. The molecule has 1 aromatic heterocycles. The minimum absolute atomic E-state index is 0.0292. The van der Waals surface area contributed by atoms with E-state index in [9.17, 15) is 10.1 Å². The maximum absolute atomic E-state index is 11.0. The van der Waals surface area contributed by atoms with Crippen molar-refractivity contribution in [2.75, 3.05) is 32.1 Å². The van der Waals surface area contributed by atoms with Gasteiger partial charge in [0.2, 0.25) is 11.1 Å². The number of hydrogen-bond acceptors (Lipinski definition) is 6. The summed E-state index contributed by atoms with van der Waals surface area (Å²) in [4.78, 5) is 22.3. The molecule has 1 saturated heterocycles. The summed E-state index contributed by atoms with van der Waals surface area (Å²) in [5.41, 5.74) is -0.101. The second-order valence-corrected chi connectivity index (χ2v) is 5.36. The molecule has 2 atom stereocenters. The molecule has 2 unspecified atom stereocenters. The van der Waals surface area contributed by atoms with Crippen LogP contribution in [0.3, 0.4) is 0 Å². The van der Waals surface area contributed by atoms with Gasteiger partial charge in [-0.25, -0.2) is 4.98 Å². The number of likely N-dealkylation sites (N-methyl/N-ethyl adjacent to an activating group) is 1. The molecule has 0 saturated carbocycles. The van der Waals surface area contributed by atoms with Gasteiger partial charge in [-0.05, 0) is 31.6 Å². The maximum Gasteiger partial charge on any atom is 0.329 e. The Hall–Kier alpha value is -1.47. The summed E-state index contributed by atoms with van der Waals surface area (Å²) in [6.45, 7) is 3.54. The third kappa shape index (κ3) is 2.76. The summed E-state index contributed by atoms with van der Waals surface area (Å²) < 4.78 is 0. The van der Waals surface area contributed by atoms with Gasteiger partial charge in [-0.15, -0.1) is 0 Å². The Morgan fingerprint density at radius 3 is 2.74 bits per heavy atom. The first-order chi connectivity index (χ1) is 8.90. The van der Waals surface area contributed by atoms with Crippen LogP contribution in [0.1, 0.15) is 6.92 Å². The Kier molecular flexibility index (Phi) is 3.86. The Labute approximate surface area is 116 Å². The second-order valence-electron chi connectivity index (χ2n) is 5.02. The number of nitro groups is 1. The van der Waals surface area contributed by atoms with Crippen molar-refractivity contribution in [2.45, 2.75) is 13.0 Å². The molecule has 19 heavy (non-hydrogen) atoms. The van der Waals surface area contributed by atoms with Crippen LogP contribution in [0.15, 0.2) is 6.20 Å². The summed E-state index contributed by atoms with van der Waals surface area (Å²) in [5.74, 6) is 0.713. The molecule has 104 valence electrons. The molecular weight excluding hydrogens is 270 g/mol. The van der Waals surface area contributed by atoms with Crippen molar-refractivity contribution in [2.24, 2.45) is 5.92 Å². The van der Waals surface area contributed by atoms with Crippen molar-refractivity contribution in [1.29, 1.82) is 0 Å². The van der Waals surface area contributed by atoms with Gasteiger partial charge in [0.05, 0.1) is 4.92 Å². The van der Waals surface area contributed by atoms with Crippen LogP contribution in [0.2, 0.25) is 5.28 Å². The van der Waals surface area contributed by atoms with E-state index in [4.69, 9.17) is 11.6 Å². The van der Waals surface area contributed by atoms with E-state index in [2.05, 4.69) is 21.8 Å². The number of anilines is 1. The Bertz CT molecular complexity index is 496. The second kappa shape index (κ2) is 5.26. The first-order valence-electron chi connectivity index (χ1n) is 5.98. The SMILES string of the molecule is CC1CN(c2nc(Cl)ncc2[N+](=O)[O-])CC1N(C)C. The Morgan fingerprint density at radius 1 is 1.53 bits per heavy atom. The van der Waals surface area contributed by atoms with Crippen LogP contribution in [0.5, 0.6) is 0 Å². The van der Waals surface area contributed by atoms with Gasteiger partial charge in [-0.1, -0.05) is 6.92 Å². The van der Waals surface area contributed by atoms with Crippen LogP contribution in [0, 0.1) is 16.0 Å². The number of nitrogens with zero attached hydrogens (tertiary/aromatic N) is 5. The molecule has 0 amide bonds. The molecule has 0 radical (unpaired) electrons. The number of hydrogen-bond donors (Lipinski definition) is 0. The van der Waals surface area contributed by atoms with Crippen molar-refractivity contribution >= 4 is 23.1 Å². The summed E-state index contributed by atoms with van der Waals surface area (Å²) in [5, 5.41) is 11.1. The zero-order chi connectivity index (χ0) is 14.2. The molecule has 0 N–H and O–H groups in total. The molecule has 1 fully saturated rings. The molecule has 0 bridgehead atoms. The maximum atomic E-state index is 11.0. The highest BCUT2D eigenvalue weighted by molar-refractivity contribution is 6.28. The van der Waals surface area contributed by atoms with E-state index in [0.29, 0.717) is 24.3 Å². The van der Waals surface area contributed by atoms with Gasteiger partial charge < -0.3 is 9.80 Å². The van der Waals surface area contributed by atoms with E-state index in [1.165, 1.54) is 6.20 Å². The highest BCUT2D eigenvalue weighted by Gasteiger charge is 2.35. The molecule has 1 aromatic rings. The number of halogens is 1. The average Bonchev–Trinajstić information content (AvgIpc) is 2.70. The largest absolute Gasteiger partial charge is 0.349 e. The van der Waals surface area contributed by atoms with Crippen molar-refractivity contribution < 1.29 is 4.92 Å². The highest BCUT2D eigenvalue weighted by atomic mass is 35.5. The smallest absolute Gasteiger partial charge is 0.329 e. The lowest BCUT2D eigenvalue weighted by atomic mass is 10.1. The fourth-order valence-electron chi connectivity index (χ4n) is 2.50. The quantitative estimate of drug-likeness (QED) is 0.475. The van der Waals surface area contributed by atoms with Crippen LogP contribution in [0.4, 0.5) is 11.5 Å². The van der Waals surface area contributed by atoms with Gasteiger partial charge in [0.15, 0.2) is 0 Å². The molecule has 2 rings (SSSR count). The summed E-state index contributed by atoms with van der Waals surface area (Å²) in [7, 11) is 4.01. The van der Waals surface area contributed by atoms with E-state index < -0.39 is 4.92 Å². The van der Waals surface area contributed by atoms with Gasteiger partial charge >= 0.3 is 5.69 Å². The topological polar surface area (TPSA) is 75.4 Å². The Morgan fingerprint density at radius 2 is 2.21 bits per heavy atom. The van der Waals surface area contributed by atoms with Gasteiger partial charge in [0.25, 0.3) is 0 Å². The molecule has 2 heterocycles. The van der Waals surface area contributed by atoms with Gasteiger partial charge in [-0.3, -0.25) is 10.1 Å². The standard InChI is InChI=1S/C11H16ClN5O2/c1-7-5-16(6-9(7)15(2)3)10-8(17(18)19)4-13-11(12)14-10/h4,7,9H,5-6H2,1-3H3.